The maximum Gasteiger partial charge on any atom is 0.453 e. The van der Waals surface area contributed by atoms with Gasteiger partial charge in [0, 0.05) is 0 Å². The fourth-order valence-electron chi connectivity index (χ4n) is 2.37. The maximum atomic E-state index is 14.3. The number of halogens is 4. The van der Waals surface area contributed by atoms with E-state index in [2.05, 4.69) is 10.1 Å². The van der Waals surface area contributed by atoms with Crippen LogP contribution in [0.3, 0.4) is 0 Å². The zero-order valence-corrected chi connectivity index (χ0v) is 12.5. The number of hydrogen-bond donors (Lipinski definition) is 1. The molecule has 0 aliphatic heterocycles. The van der Waals surface area contributed by atoms with Gasteiger partial charge < -0.3 is 5.73 Å². The van der Waals surface area contributed by atoms with E-state index in [1.54, 1.807) is 6.92 Å². The Kier molecular flexibility index (Phi) is 3.75. The van der Waals surface area contributed by atoms with Gasteiger partial charge in [-0.15, -0.1) is 5.10 Å². The molecule has 8 heteroatoms. The quantitative estimate of drug-likeness (QED) is 0.720. The molecule has 2 aromatic carbocycles. The van der Waals surface area contributed by atoms with Crippen molar-refractivity contribution in [2.75, 3.05) is 5.73 Å². The van der Waals surface area contributed by atoms with Gasteiger partial charge in [-0.1, -0.05) is 30.3 Å². The van der Waals surface area contributed by atoms with E-state index in [0.29, 0.717) is 15.8 Å². The van der Waals surface area contributed by atoms with Crippen LogP contribution in [0.1, 0.15) is 11.4 Å². The van der Waals surface area contributed by atoms with E-state index in [-0.39, 0.29) is 5.69 Å². The van der Waals surface area contributed by atoms with Gasteiger partial charge in [0.1, 0.15) is 11.5 Å². The minimum Gasteiger partial charge on any atom is -0.368 e. The van der Waals surface area contributed by atoms with Crippen LogP contribution < -0.4 is 5.73 Å². The van der Waals surface area contributed by atoms with Gasteiger partial charge in [-0.2, -0.15) is 22.8 Å². The first kappa shape index (κ1) is 16.0. The number of hydrogen-bond acceptors (Lipinski definition) is 3. The van der Waals surface area contributed by atoms with Crippen molar-refractivity contribution in [1.29, 1.82) is 0 Å². The number of nitrogens with two attached hydrogens (primary N) is 1. The maximum absolute atomic E-state index is 14.3. The summed E-state index contributed by atoms with van der Waals surface area (Å²) in [6, 6.07) is 11.7. The Morgan fingerprint density at radius 2 is 1.75 bits per heavy atom. The van der Waals surface area contributed by atoms with Crippen LogP contribution in [-0.2, 0) is 6.18 Å². The second-order valence-electron chi connectivity index (χ2n) is 5.19. The van der Waals surface area contributed by atoms with Gasteiger partial charge >= 0.3 is 6.18 Å². The van der Waals surface area contributed by atoms with E-state index >= 15 is 0 Å². The normalized spacial score (nSPS) is 11.7. The molecule has 0 amide bonds. The highest BCUT2D eigenvalue weighted by Crippen LogP contribution is 2.31. The van der Waals surface area contributed by atoms with E-state index in [1.807, 2.05) is 30.3 Å². The highest BCUT2D eigenvalue weighted by molar-refractivity contribution is 5.70. The molecule has 3 rings (SSSR count). The average molecular weight is 336 g/mol. The molecule has 4 nitrogen and oxygen atoms in total. The largest absolute Gasteiger partial charge is 0.453 e. The fourth-order valence-corrected chi connectivity index (χ4v) is 2.37. The van der Waals surface area contributed by atoms with Gasteiger partial charge in [-0.3, -0.25) is 0 Å². The van der Waals surface area contributed by atoms with E-state index < -0.39 is 23.8 Å². The highest BCUT2D eigenvalue weighted by atomic mass is 19.4. The molecule has 0 saturated heterocycles. The van der Waals surface area contributed by atoms with Crippen molar-refractivity contribution in [3.8, 4) is 16.8 Å². The molecule has 0 bridgehead atoms. The van der Waals surface area contributed by atoms with Crippen LogP contribution in [0.5, 0.6) is 0 Å². The number of alkyl halides is 3. The van der Waals surface area contributed by atoms with E-state index in [0.717, 1.165) is 5.56 Å². The molecule has 1 heterocycles. The summed E-state index contributed by atoms with van der Waals surface area (Å²) in [7, 11) is 0. The van der Waals surface area contributed by atoms with Crippen LogP contribution in [-0.4, -0.2) is 14.8 Å². The molecule has 0 spiro atoms. The highest BCUT2D eigenvalue weighted by Gasteiger charge is 2.37. The van der Waals surface area contributed by atoms with Gasteiger partial charge in [0.05, 0.1) is 0 Å². The molecule has 0 unspecified atom stereocenters. The predicted octanol–water partition coefficient (Wildman–Crippen LogP) is 3.98. The third-order valence-corrected chi connectivity index (χ3v) is 3.49. The summed E-state index contributed by atoms with van der Waals surface area (Å²) in [6.07, 6.45) is -4.76. The number of nitrogens with zero attached hydrogens (tertiary/aromatic N) is 3. The van der Waals surface area contributed by atoms with Crippen LogP contribution in [0, 0.1) is 12.7 Å². The lowest BCUT2D eigenvalue weighted by atomic mass is 9.99. The lowest BCUT2D eigenvalue weighted by Crippen LogP contribution is -2.09. The van der Waals surface area contributed by atoms with Gasteiger partial charge in [-0.25, -0.2) is 4.39 Å². The molecule has 124 valence electrons. The minimum absolute atomic E-state index is 0.194. The number of rotatable bonds is 2. The lowest BCUT2D eigenvalue weighted by molar-refractivity contribution is -0.144. The summed E-state index contributed by atoms with van der Waals surface area (Å²) >= 11 is 0. The molecule has 0 atom stereocenters. The molecular weight excluding hydrogens is 324 g/mol. The number of anilines is 1. The Labute approximate surface area is 134 Å². The molecule has 2 N–H and O–H groups in total. The first-order chi connectivity index (χ1) is 11.3. The summed E-state index contributed by atoms with van der Waals surface area (Å²) in [5.41, 5.74) is 7.39. The first-order valence-electron chi connectivity index (χ1n) is 6.93. The van der Waals surface area contributed by atoms with Crippen LogP contribution in [0.2, 0.25) is 0 Å². The van der Waals surface area contributed by atoms with Crippen molar-refractivity contribution >= 4 is 5.95 Å². The second kappa shape index (κ2) is 5.63. The summed E-state index contributed by atoms with van der Waals surface area (Å²) in [4.78, 5) is 3.16. The molecule has 24 heavy (non-hydrogen) atoms. The fraction of sp³-hybridized carbons (Fsp3) is 0.125. The number of aryl methyl sites for hydroxylation is 1. The van der Waals surface area contributed by atoms with E-state index in [9.17, 15) is 17.6 Å². The summed E-state index contributed by atoms with van der Waals surface area (Å²) < 4.78 is 53.1. The molecule has 0 saturated carbocycles. The molecule has 3 aromatic rings. The van der Waals surface area contributed by atoms with Crippen molar-refractivity contribution in [1.82, 2.24) is 14.8 Å². The van der Waals surface area contributed by atoms with Gasteiger partial charge in [0.25, 0.3) is 5.82 Å². The number of benzene rings is 2. The van der Waals surface area contributed by atoms with Gasteiger partial charge in [0.15, 0.2) is 0 Å². The van der Waals surface area contributed by atoms with Crippen LogP contribution in [0.25, 0.3) is 16.8 Å². The van der Waals surface area contributed by atoms with E-state index in [1.165, 1.54) is 12.1 Å². The standard InChI is InChI=1S/C16H12F4N4/c1-9-7-12(17)13(8-11(9)10-5-3-2-4-6-10)24-15(21)22-14(23-24)16(18,19)20/h2-8H,1H3,(H2,21,22,23). The summed E-state index contributed by atoms with van der Waals surface area (Å²) in [5.74, 6) is -2.69. The predicted molar refractivity (Wildman–Crippen MR) is 80.9 cm³/mol. The van der Waals surface area contributed by atoms with Crippen molar-refractivity contribution in [2.24, 2.45) is 0 Å². The van der Waals surface area contributed by atoms with Crippen molar-refractivity contribution < 1.29 is 17.6 Å². The minimum atomic E-state index is -4.76. The second-order valence-corrected chi connectivity index (χ2v) is 5.19. The lowest BCUT2D eigenvalue weighted by Gasteiger charge is -2.11. The Bertz CT molecular complexity index is 885. The SMILES string of the molecule is Cc1cc(F)c(-n2nc(C(F)(F)F)nc2N)cc1-c1ccccc1. The van der Waals surface area contributed by atoms with Crippen molar-refractivity contribution in [2.45, 2.75) is 13.1 Å². The smallest absolute Gasteiger partial charge is 0.368 e. The first-order valence-corrected chi connectivity index (χ1v) is 6.93. The van der Waals surface area contributed by atoms with Crippen LogP contribution in [0.4, 0.5) is 23.5 Å². The summed E-state index contributed by atoms with van der Waals surface area (Å²) in [5, 5.41) is 3.29. The molecule has 0 radical (unpaired) electrons. The average Bonchev–Trinajstić information content (AvgIpc) is 2.90. The molecule has 1 aromatic heterocycles. The Balaban J connectivity index is 2.18. The molecular formula is C16H12F4N4. The molecule has 0 aliphatic carbocycles. The van der Waals surface area contributed by atoms with E-state index in [4.69, 9.17) is 5.73 Å². The number of nitrogen functional groups attached to an aromatic ring is 1. The van der Waals surface area contributed by atoms with Gasteiger partial charge in [0.2, 0.25) is 5.95 Å². The number of aromatic nitrogens is 3. The monoisotopic (exact) mass is 336 g/mol. The summed E-state index contributed by atoms with van der Waals surface area (Å²) in [6.45, 7) is 1.71. The van der Waals surface area contributed by atoms with Gasteiger partial charge in [-0.05, 0) is 35.7 Å². The Morgan fingerprint density at radius 1 is 1.08 bits per heavy atom. The molecule has 0 aliphatic rings. The van der Waals surface area contributed by atoms with Crippen LogP contribution in [0.15, 0.2) is 42.5 Å². The van der Waals surface area contributed by atoms with Crippen molar-refractivity contribution in [3.05, 3.63) is 59.7 Å². The van der Waals surface area contributed by atoms with Crippen molar-refractivity contribution in [3.63, 3.8) is 0 Å². The Hall–Kier alpha value is -2.90. The zero-order valence-electron chi connectivity index (χ0n) is 12.5. The third kappa shape index (κ3) is 2.82. The van der Waals surface area contributed by atoms with Crippen LogP contribution >= 0.6 is 0 Å². The Morgan fingerprint density at radius 3 is 2.33 bits per heavy atom. The molecule has 0 fully saturated rings. The third-order valence-electron chi connectivity index (χ3n) is 3.49. The topological polar surface area (TPSA) is 56.7 Å². The zero-order chi connectivity index (χ0) is 17.5.